The van der Waals surface area contributed by atoms with Gasteiger partial charge in [-0.15, -0.1) is 0 Å². The quantitative estimate of drug-likeness (QED) is 0.850. The molecule has 2 N–H and O–H groups in total. The van der Waals surface area contributed by atoms with Gasteiger partial charge >= 0.3 is 0 Å². The third kappa shape index (κ3) is 2.62. The molecule has 0 saturated heterocycles. The van der Waals surface area contributed by atoms with Gasteiger partial charge in [-0.25, -0.2) is 0 Å². The van der Waals surface area contributed by atoms with Crippen molar-refractivity contribution >= 4 is 5.91 Å². The molecule has 94 valence electrons. The molecule has 0 fully saturated rings. The molecule has 0 saturated carbocycles. The number of hydrogen-bond acceptors (Lipinski definition) is 1. The van der Waals surface area contributed by atoms with Crippen LogP contribution in [0.4, 0.5) is 0 Å². The highest BCUT2D eigenvalue weighted by atomic mass is 16.2. The first-order chi connectivity index (χ1) is 8.60. The minimum Gasteiger partial charge on any atom is -0.367 e. The molecule has 0 spiro atoms. The lowest BCUT2D eigenvalue weighted by atomic mass is 9.84. The number of hydrogen-bond donors (Lipinski definition) is 2. The summed E-state index contributed by atoms with van der Waals surface area (Å²) in [5.74, 6) is 0.0369. The molecule has 18 heavy (non-hydrogen) atoms. The zero-order valence-corrected chi connectivity index (χ0v) is 10.7. The van der Waals surface area contributed by atoms with Gasteiger partial charge in [0.2, 0.25) is 5.91 Å². The van der Waals surface area contributed by atoms with Crippen molar-refractivity contribution in [3.8, 4) is 0 Å². The van der Waals surface area contributed by atoms with E-state index in [1.54, 1.807) is 0 Å². The number of rotatable bonds is 4. The summed E-state index contributed by atoms with van der Waals surface area (Å²) < 4.78 is 0. The zero-order valence-electron chi connectivity index (χ0n) is 10.7. The van der Waals surface area contributed by atoms with E-state index >= 15 is 0 Å². The van der Waals surface area contributed by atoms with Crippen molar-refractivity contribution in [1.82, 2.24) is 10.3 Å². The van der Waals surface area contributed by atoms with Crippen LogP contribution in [0.3, 0.4) is 0 Å². The first kappa shape index (κ1) is 12.4. The van der Waals surface area contributed by atoms with E-state index in [0.29, 0.717) is 6.54 Å². The molecule has 0 radical (unpaired) electrons. The fraction of sp³-hybridized carbons (Fsp3) is 0.267. The van der Waals surface area contributed by atoms with Crippen LogP contribution in [0.2, 0.25) is 0 Å². The summed E-state index contributed by atoms with van der Waals surface area (Å²) in [6.07, 6.45) is 3.74. The first-order valence-electron chi connectivity index (χ1n) is 6.06. The van der Waals surface area contributed by atoms with Crippen molar-refractivity contribution in [2.75, 3.05) is 0 Å². The fourth-order valence-electron chi connectivity index (χ4n) is 1.86. The summed E-state index contributed by atoms with van der Waals surface area (Å²) in [6.45, 7) is 4.43. The van der Waals surface area contributed by atoms with Gasteiger partial charge in [0.05, 0.1) is 5.41 Å². The second kappa shape index (κ2) is 5.08. The molecule has 2 aromatic rings. The maximum atomic E-state index is 12.2. The number of aromatic amines is 1. The highest BCUT2D eigenvalue weighted by molar-refractivity contribution is 5.87. The summed E-state index contributed by atoms with van der Waals surface area (Å²) in [6, 6.07) is 11.8. The lowest BCUT2D eigenvalue weighted by Gasteiger charge is -2.24. The van der Waals surface area contributed by atoms with Gasteiger partial charge in [-0.3, -0.25) is 4.79 Å². The van der Waals surface area contributed by atoms with Gasteiger partial charge in [0.25, 0.3) is 0 Å². The Morgan fingerprint density at radius 2 is 1.94 bits per heavy atom. The largest absolute Gasteiger partial charge is 0.367 e. The third-order valence-electron chi connectivity index (χ3n) is 3.18. The lowest BCUT2D eigenvalue weighted by molar-refractivity contribution is -0.125. The summed E-state index contributed by atoms with van der Waals surface area (Å²) in [7, 11) is 0. The summed E-state index contributed by atoms with van der Waals surface area (Å²) in [5.41, 5.74) is 1.58. The van der Waals surface area contributed by atoms with Crippen molar-refractivity contribution < 1.29 is 4.79 Å². The maximum absolute atomic E-state index is 12.2. The van der Waals surface area contributed by atoms with E-state index in [4.69, 9.17) is 0 Å². The highest BCUT2D eigenvalue weighted by Gasteiger charge is 2.29. The molecular formula is C15H18N2O. The molecule has 0 aliphatic rings. The van der Waals surface area contributed by atoms with Gasteiger partial charge in [-0.1, -0.05) is 30.3 Å². The standard InChI is InChI=1S/C15H18N2O/c1-15(2,13-6-4-3-5-7-13)14(18)17-11-12-8-9-16-10-12/h3-10,16H,11H2,1-2H3,(H,17,18). The summed E-state index contributed by atoms with van der Waals surface area (Å²) in [5, 5.41) is 2.96. The van der Waals surface area contributed by atoms with Gasteiger partial charge < -0.3 is 10.3 Å². The SMILES string of the molecule is CC(C)(C(=O)NCc1cc[nH]c1)c1ccccc1. The number of benzene rings is 1. The Kier molecular flexibility index (Phi) is 3.51. The minimum absolute atomic E-state index is 0.0369. The number of carbonyl (C=O) groups is 1. The Balaban J connectivity index is 2.04. The minimum atomic E-state index is -0.516. The van der Waals surface area contributed by atoms with E-state index in [1.165, 1.54) is 0 Å². The van der Waals surface area contributed by atoms with E-state index in [1.807, 2.05) is 62.6 Å². The normalized spacial score (nSPS) is 11.2. The summed E-state index contributed by atoms with van der Waals surface area (Å²) >= 11 is 0. The van der Waals surface area contributed by atoms with E-state index in [-0.39, 0.29) is 5.91 Å². The van der Waals surface area contributed by atoms with E-state index in [9.17, 15) is 4.79 Å². The van der Waals surface area contributed by atoms with Gasteiger partial charge in [0.1, 0.15) is 0 Å². The fourth-order valence-corrected chi connectivity index (χ4v) is 1.86. The summed E-state index contributed by atoms with van der Waals surface area (Å²) in [4.78, 5) is 15.2. The average Bonchev–Trinajstić information content (AvgIpc) is 2.90. The van der Waals surface area contributed by atoms with Crippen LogP contribution in [0.1, 0.15) is 25.0 Å². The molecule has 1 aromatic carbocycles. The van der Waals surface area contributed by atoms with Crippen LogP contribution >= 0.6 is 0 Å². The predicted molar refractivity (Wildman–Crippen MR) is 72.1 cm³/mol. The molecule has 1 amide bonds. The smallest absolute Gasteiger partial charge is 0.230 e. The third-order valence-corrected chi connectivity index (χ3v) is 3.18. The molecule has 2 rings (SSSR count). The molecule has 0 unspecified atom stereocenters. The van der Waals surface area contributed by atoms with Crippen LogP contribution in [0.15, 0.2) is 48.8 Å². The molecular weight excluding hydrogens is 224 g/mol. The Morgan fingerprint density at radius 3 is 2.56 bits per heavy atom. The molecule has 0 atom stereocenters. The average molecular weight is 242 g/mol. The monoisotopic (exact) mass is 242 g/mol. The number of nitrogens with one attached hydrogen (secondary N) is 2. The second-order valence-corrected chi connectivity index (χ2v) is 4.89. The van der Waals surface area contributed by atoms with Crippen LogP contribution in [0, 0.1) is 0 Å². The Hall–Kier alpha value is -2.03. The first-order valence-corrected chi connectivity index (χ1v) is 6.06. The number of H-pyrrole nitrogens is 1. The van der Waals surface area contributed by atoms with Crippen LogP contribution in [-0.2, 0) is 16.8 Å². The van der Waals surface area contributed by atoms with Crippen molar-refractivity contribution in [3.63, 3.8) is 0 Å². The predicted octanol–water partition coefficient (Wildman–Crippen LogP) is 2.61. The second-order valence-electron chi connectivity index (χ2n) is 4.89. The van der Waals surface area contributed by atoms with Crippen LogP contribution < -0.4 is 5.32 Å². The van der Waals surface area contributed by atoms with E-state index in [0.717, 1.165) is 11.1 Å². The van der Waals surface area contributed by atoms with Crippen molar-refractivity contribution in [3.05, 3.63) is 59.9 Å². The molecule has 0 bridgehead atoms. The number of amides is 1. The van der Waals surface area contributed by atoms with Gasteiger partial charge in [-0.2, -0.15) is 0 Å². The Morgan fingerprint density at radius 1 is 1.22 bits per heavy atom. The molecule has 3 nitrogen and oxygen atoms in total. The zero-order chi connectivity index (χ0) is 13.0. The molecule has 1 heterocycles. The van der Waals surface area contributed by atoms with Crippen LogP contribution in [-0.4, -0.2) is 10.9 Å². The maximum Gasteiger partial charge on any atom is 0.230 e. The number of aromatic nitrogens is 1. The van der Waals surface area contributed by atoms with Gasteiger partial charge in [0.15, 0.2) is 0 Å². The molecule has 0 aliphatic heterocycles. The molecule has 1 aromatic heterocycles. The number of carbonyl (C=O) groups excluding carboxylic acids is 1. The van der Waals surface area contributed by atoms with Gasteiger partial charge in [0, 0.05) is 18.9 Å². The van der Waals surface area contributed by atoms with Gasteiger partial charge in [-0.05, 0) is 31.0 Å². The Bertz CT molecular complexity index is 501. The van der Waals surface area contributed by atoms with Crippen molar-refractivity contribution in [2.24, 2.45) is 0 Å². The molecule has 3 heteroatoms. The Labute approximate surface area is 107 Å². The van der Waals surface area contributed by atoms with Crippen LogP contribution in [0.5, 0.6) is 0 Å². The van der Waals surface area contributed by atoms with Crippen molar-refractivity contribution in [2.45, 2.75) is 25.8 Å². The lowest BCUT2D eigenvalue weighted by Crippen LogP contribution is -2.39. The van der Waals surface area contributed by atoms with Crippen molar-refractivity contribution in [1.29, 1.82) is 0 Å². The highest BCUT2D eigenvalue weighted by Crippen LogP contribution is 2.22. The molecule has 0 aliphatic carbocycles. The van der Waals surface area contributed by atoms with E-state index < -0.39 is 5.41 Å². The van der Waals surface area contributed by atoms with E-state index in [2.05, 4.69) is 10.3 Å². The topological polar surface area (TPSA) is 44.9 Å². The van der Waals surface area contributed by atoms with Crippen LogP contribution in [0.25, 0.3) is 0 Å².